The number of allylic oxidation sites excluding steroid dienone is 1. The Kier molecular flexibility index (Phi) is 9.81. The van der Waals surface area contributed by atoms with Crippen molar-refractivity contribution >= 4 is 27.9 Å². The number of carbonyl (C=O) groups excluding carboxylic acids is 1. The Balaban J connectivity index is 0.000000328. The van der Waals surface area contributed by atoms with Crippen LogP contribution < -0.4 is 10.6 Å². The van der Waals surface area contributed by atoms with Crippen molar-refractivity contribution in [3.8, 4) is 17.3 Å². The zero-order valence-corrected chi connectivity index (χ0v) is 23.8. The normalized spacial score (nSPS) is 22.0. The van der Waals surface area contributed by atoms with Crippen molar-refractivity contribution < 1.29 is 24.9 Å². The Morgan fingerprint density at radius 2 is 1.71 bits per heavy atom. The van der Waals surface area contributed by atoms with Crippen molar-refractivity contribution in [1.29, 1.82) is 5.26 Å². The number of piperazine rings is 1. The van der Waals surface area contributed by atoms with Gasteiger partial charge in [-0.25, -0.2) is 0 Å². The highest BCUT2D eigenvalue weighted by Gasteiger charge is 2.26. The summed E-state index contributed by atoms with van der Waals surface area (Å²) in [4.78, 5) is 16.4. The minimum atomic E-state index is -0.916. The number of aromatic nitrogens is 1. The fourth-order valence-electron chi connectivity index (χ4n) is 5.37. The van der Waals surface area contributed by atoms with Gasteiger partial charge in [-0.2, -0.15) is 5.26 Å². The average Bonchev–Trinajstić information content (AvgIpc) is 3.34. The van der Waals surface area contributed by atoms with E-state index in [0.29, 0.717) is 12.0 Å². The highest BCUT2D eigenvalue weighted by Crippen LogP contribution is 2.31. The molecule has 0 aliphatic carbocycles. The van der Waals surface area contributed by atoms with E-state index < -0.39 is 24.4 Å². The van der Waals surface area contributed by atoms with Gasteiger partial charge in [0.2, 0.25) is 0 Å². The molecule has 10 nitrogen and oxygen atoms in total. The van der Waals surface area contributed by atoms with Crippen LogP contribution in [0, 0.1) is 11.3 Å². The van der Waals surface area contributed by atoms with Gasteiger partial charge in [0.05, 0.1) is 18.8 Å². The molecule has 0 spiro atoms. The molecule has 0 radical (unpaired) electrons. The van der Waals surface area contributed by atoms with Crippen LogP contribution in [0.4, 0.5) is 5.69 Å². The number of ether oxygens (including phenoxy) is 1. The number of amides is 1. The van der Waals surface area contributed by atoms with Crippen LogP contribution in [0.3, 0.4) is 0 Å². The van der Waals surface area contributed by atoms with E-state index >= 15 is 0 Å². The molecule has 1 amide bonds. The lowest BCUT2D eigenvalue weighted by Gasteiger charge is -2.34. The molecule has 3 unspecified atom stereocenters. The maximum Gasteiger partial charge on any atom is 0.259 e. The summed E-state index contributed by atoms with van der Waals surface area (Å²) in [6.07, 6.45) is -1.20. The van der Waals surface area contributed by atoms with E-state index in [2.05, 4.69) is 53.2 Å². The van der Waals surface area contributed by atoms with E-state index in [1.54, 1.807) is 6.92 Å². The third-order valence-electron chi connectivity index (χ3n) is 7.79. The lowest BCUT2D eigenvalue weighted by molar-refractivity contribution is -0.197. The SMILES string of the molecule is C/C(=C(/C#N)C(N)=O)c1ccc(-c2ccc3cc(N4CCN(C)CC4)ccc3c2)n1C.OCC1CC(O)CC(O)O1. The van der Waals surface area contributed by atoms with Gasteiger partial charge in [0, 0.05) is 63.1 Å². The van der Waals surface area contributed by atoms with Crippen LogP contribution in [0.5, 0.6) is 0 Å². The Morgan fingerprint density at radius 3 is 2.34 bits per heavy atom. The third-order valence-corrected chi connectivity index (χ3v) is 7.79. The van der Waals surface area contributed by atoms with Crippen molar-refractivity contribution in [2.24, 2.45) is 12.8 Å². The predicted octanol–water partition coefficient (Wildman–Crippen LogP) is 2.22. The van der Waals surface area contributed by atoms with Gasteiger partial charge in [-0.15, -0.1) is 0 Å². The van der Waals surface area contributed by atoms with Crippen molar-refractivity contribution in [2.45, 2.75) is 38.3 Å². The first-order valence-electron chi connectivity index (χ1n) is 13.8. The predicted molar refractivity (Wildman–Crippen MR) is 159 cm³/mol. The van der Waals surface area contributed by atoms with Gasteiger partial charge in [0.1, 0.15) is 11.6 Å². The Labute approximate surface area is 240 Å². The van der Waals surface area contributed by atoms with Gasteiger partial charge >= 0.3 is 0 Å². The summed E-state index contributed by atoms with van der Waals surface area (Å²) in [6, 6.07) is 19.0. The molecule has 0 saturated carbocycles. The number of hydrogen-bond donors (Lipinski definition) is 4. The second-order valence-corrected chi connectivity index (χ2v) is 10.7. The third kappa shape index (κ3) is 7.14. The minimum Gasteiger partial charge on any atom is -0.394 e. The summed E-state index contributed by atoms with van der Waals surface area (Å²) in [5.41, 5.74) is 10.1. The Hall–Kier alpha value is -3.72. The smallest absolute Gasteiger partial charge is 0.259 e. The van der Waals surface area contributed by atoms with E-state index in [1.807, 2.05) is 29.8 Å². The van der Waals surface area contributed by atoms with E-state index in [1.165, 1.54) is 16.5 Å². The van der Waals surface area contributed by atoms with E-state index in [9.17, 15) is 10.1 Å². The number of aliphatic hydroxyl groups excluding tert-OH is 3. The van der Waals surface area contributed by atoms with Crippen molar-refractivity contribution in [1.82, 2.24) is 9.47 Å². The van der Waals surface area contributed by atoms with Gasteiger partial charge < -0.3 is 40.2 Å². The van der Waals surface area contributed by atoms with Gasteiger partial charge in [0.15, 0.2) is 6.29 Å². The summed E-state index contributed by atoms with van der Waals surface area (Å²) in [7, 11) is 4.10. The number of benzene rings is 2. The number of rotatable bonds is 5. The molecule has 3 aromatic rings. The molecule has 218 valence electrons. The number of aliphatic hydroxyl groups is 3. The average molecular weight is 562 g/mol. The topological polar surface area (TPSA) is 148 Å². The maximum atomic E-state index is 11.6. The first kappa shape index (κ1) is 30.2. The summed E-state index contributed by atoms with van der Waals surface area (Å²) in [5.74, 6) is -0.704. The standard InChI is InChI=1S/C25H27N5O.C6H12O4/c1-17(22(16-26)25(27)31)23-8-9-24(29(23)3)20-5-4-19-15-21(7-6-18(19)14-20)30-12-10-28(2)11-13-30;7-3-5-1-4(8)2-6(9)10-5/h4-9,14-15H,10-13H2,1-3H3,(H2,27,31);4-9H,1-3H2/b22-17+;. The zero-order chi connectivity index (χ0) is 29.7. The van der Waals surface area contributed by atoms with Crippen LogP contribution in [0.2, 0.25) is 0 Å². The summed E-state index contributed by atoms with van der Waals surface area (Å²) >= 11 is 0. The van der Waals surface area contributed by atoms with Gasteiger partial charge in [-0.05, 0) is 66.2 Å². The number of nitrogens with zero attached hydrogens (tertiary/aromatic N) is 4. The molecular weight excluding hydrogens is 522 g/mol. The Bertz CT molecular complexity index is 1440. The quantitative estimate of drug-likeness (QED) is 0.274. The number of carbonyl (C=O) groups is 1. The fraction of sp³-hybridized carbons (Fsp3) is 0.419. The molecule has 41 heavy (non-hydrogen) atoms. The van der Waals surface area contributed by atoms with E-state index in [4.69, 9.17) is 25.8 Å². The number of hydrogen-bond acceptors (Lipinski definition) is 8. The van der Waals surface area contributed by atoms with Crippen molar-refractivity contribution in [3.05, 3.63) is 59.8 Å². The van der Waals surface area contributed by atoms with Crippen LogP contribution in [0.1, 0.15) is 25.5 Å². The van der Waals surface area contributed by atoms with Crippen LogP contribution in [-0.4, -0.2) is 89.0 Å². The van der Waals surface area contributed by atoms with Crippen LogP contribution in [0.15, 0.2) is 54.1 Å². The molecule has 5 rings (SSSR count). The monoisotopic (exact) mass is 561 g/mol. The summed E-state index contributed by atoms with van der Waals surface area (Å²) in [5, 5.41) is 38.2. The molecule has 2 aliphatic rings. The van der Waals surface area contributed by atoms with Crippen LogP contribution in [-0.2, 0) is 16.6 Å². The van der Waals surface area contributed by atoms with E-state index in [-0.39, 0.29) is 18.6 Å². The van der Waals surface area contributed by atoms with Crippen molar-refractivity contribution in [3.63, 3.8) is 0 Å². The lowest BCUT2D eigenvalue weighted by Crippen LogP contribution is -2.44. The molecule has 10 heteroatoms. The molecule has 5 N–H and O–H groups in total. The fourth-order valence-corrected chi connectivity index (χ4v) is 5.37. The number of anilines is 1. The Morgan fingerprint density at radius 1 is 1.02 bits per heavy atom. The molecule has 3 heterocycles. The van der Waals surface area contributed by atoms with Crippen LogP contribution in [0.25, 0.3) is 27.6 Å². The molecule has 2 aliphatic heterocycles. The highest BCUT2D eigenvalue weighted by molar-refractivity contribution is 6.03. The largest absolute Gasteiger partial charge is 0.394 e. The summed E-state index contributed by atoms with van der Waals surface area (Å²) in [6.45, 7) is 5.88. The zero-order valence-electron chi connectivity index (χ0n) is 23.8. The number of fused-ring (bicyclic) bond motifs is 1. The summed E-state index contributed by atoms with van der Waals surface area (Å²) < 4.78 is 6.85. The first-order chi connectivity index (χ1) is 19.6. The molecular formula is C31H39N5O5. The molecule has 2 saturated heterocycles. The van der Waals surface area contributed by atoms with Crippen molar-refractivity contribution in [2.75, 3.05) is 44.7 Å². The minimum absolute atomic E-state index is 0.0114. The number of nitrogens with two attached hydrogens (primary N) is 1. The highest BCUT2D eigenvalue weighted by atomic mass is 16.6. The van der Waals surface area contributed by atoms with E-state index in [0.717, 1.165) is 43.1 Å². The number of nitriles is 1. The number of likely N-dealkylation sites (N-methyl/N-ethyl adjacent to an activating group) is 1. The lowest BCUT2D eigenvalue weighted by atomic mass is 10.0. The second-order valence-electron chi connectivity index (χ2n) is 10.7. The first-order valence-corrected chi connectivity index (χ1v) is 13.8. The van der Waals surface area contributed by atoms with Gasteiger partial charge in [0.25, 0.3) is 5.91 Å². The molecule has 1 aromatic heterocycles. The maximum absolute atomic E-state index is 11.6. The second kappa shape index (κ2) is 13.3. The van der Waals surface area contributed by atoms with Gasteiger partial charge in [-0.1, -0.05) is 18.2 Å². The van der Waals surface area contributed by atoms with Crippen LogP contribution >= 0.6 is 0 Å². The molecule has 2 aromatic carbocycles. The number of primary amides is 1. The molecule has 2 fully saturated rings. The molecule has 0 bridgehead atoms. The molecule has 3 atom stereocenters. The van der Waals surface area contributed by atoms with Gasteiger partial charge in [-0.3, -0.25) is 4.79 Å².